The first-order chi connectivity index (χ1) is 9.97. The molecule has 0 unspecified atom stereocenters. The molecule has 1 heterocycles. The van der Waals surface area contributed by atoms with Crippen molar-refractivity contribution in [2.24, 2.45) is 0 Å². The second-order valence-corrected chi connectivity index (χ2v) is 4.50. The van der Waals surface area contributed by atoms with Crippen LogP contribution in [-0.2, 0) is 0 Å². The van der Waals surface area contributed by atoms with Crippen molar-refractivity contribution >= 4 is 11.0 Å². The van der Waals surface area contributed by atoms with E-state index in [1.807, 2.05) is 0 Å². The molecule has 1 aromatic heterocycles. The minimum atomic E-state index is -0.636. The Morgan fingerprint density at radius 1 is 0.857 bits per heavy atom. The molecule has 0 aliphatic rings. The SMILES string of the molecule is O=c1c(-c2ccc(O)c(O)c2)c(O)oc2cc(O)ccc12. The summed E-state index contributed by atoms with van der Waals surface area (Å²) in [5.41, 5.74) is -0.405. The van der Waals surface area contributed by atoms with Gasteiger partial charge in [-0.1, -0.05) is 6.07 Å². The van der Waals surface area contributed by atoms with E-state index in [2.05, 4.69) is 0 Å². The van der Waals surface area contributed by atoms with Crippen molar-refractivity contribution < 1.29 is 24.8 Å². The minimum absolute atomic E-state index is 0.0456. The van der Waals surface area contributed by atoms with Crippen molar-refractivity contribution in [2.45, 2.75) is 0 Å². The number of rotatable bonds is 1. The van der Waals surface area contributed by atoms with E-state index in [4.69, 9.17) is 4.42 Å². The fourth-order valence-corrected chi connectivity index (χ4v) is 2.10. The lowest BCUT2D eigenvalue weighted by Gasteiger charge is -2.07. The van der Waals surface area contributed by atoms with Crippen LogP contribution in [-0.4, -0.2) is 20.4 Å². The number of hydrogen-bond donors (Lipinski definition) is 4. The molecule has 106 valence electrons. The van der Waals surface area contributed by atoms with Crippen LogP contribution in [0.25, 0.3) is 22.1 Å². The number of phenols is 3. The summed E-state index contributed by atoms with van der Waals surface area (Å²) in [5, 5.41) is 38.2. The molecule has 2 aromatic carbocycles. The summed E-state index contributed by atoms with van der Waals surface area (Å²) in [5.74, 6) is -1.49. The van der Waals surface area contributed by atoms with Crippen molar-refractivity contribution in [2.75, 3.05) is 0 Å². The van der Waals surface area contributed by atoms with Crippen LogP contribution in [0.4, 0.5) is 0 Å². The molecule has 3 rings (SSSR count). The molecule has 0 saturated carbocycles. The molecule has 0 amide bonds. The van der Waals surface area contributed by atoms with Gasteiger partial charge in [0.25, 0.3) is 5.95 Å². The Kier molecular flexibility index (Phi) is 2.72. The van der Waals surface area contributed by atoms with Gasteiger partial charge in [-0.15, -0.1) is 0 Å². The van der Waals surface area contributed by atoms with Crippen LogP contribution in [0, 0.1) is 0 Å². The molecule has 0 saturated heterocycles. The molecule has 0 aliphatic carbocycles. The van der Waals surface area contributed by atoms with Crippen LogP contribution in [0.5, 0.6) is 23.2 Å². The Hall–Kier alpha value is -3.15. The molecule has 0 fully saturated rings. The van der Waals surface area contributed by atoms with Gasteiger partial charge < -0.3 is 24.8 Å². The maximum Gasteiger partial charge on any atom is 0.294 e. The van der Waals surface area contributed by atoms with Gasteiger partial charge in [0.15, 0.2) is 11.5 Å². The Bertz CT molecular complexity index is 910. The van der Waals surface area contributed by atoms with Crippen LogP contribution in [0.15, 0.2) is 45.6 Å². The van der Waals surface area contributed by atoms with Crippen molar-refractivity contribution in [3.05, 3.63) is 46.6 Å². The van der Waals surface area contributed by atoms with E-state index >= 15 is 0 Å². The third kappa shape index (κ3) is 2.02. The maximum absolute atomic E-state index is 12.4. The highest BCUT2D eigenvalue weighted by molar-refractivity contribution is 5.85. The summed E-state index contributed by atoms with van der Waals surface area (Å²) in [4.78, 5) is 12.4. The second kappa shape index (κ2) is 4.45. The Morgan fingerprint density at radius 3 is 2.33 bits per heavy atom. The summed E-state index contributed by atoms with van der Waals surface area (Å²) in [6, 6.07) is 7.63. The monoisotopic (exact) mass is 286 g/mol. The van der Waals surface area contributed by atoms with Crippen LogP contribution < -0.4 is 5.43 Å². The van der Waals surface area contributed by atoms with E-state index in [1.54, 1.807) is 0 Å². The highest BCUT2D eigenvalue weighted by Crippen LogP contribution is 2.34. The van der Waals surface area contributed by atoms with Crippen LogP contribution in [0.1, 0.15) is 0 Å². The molecule has 6 heteroatoms. The number of aromatic hydroxyl groups is 4. The lowest BCUT2D eigenvalue weighted by atomic mass is 10.0. The summed E-state index contributed by atoms with van der Waals surface area (Å²) in [6.45, 7) is 0. The third-order valence-corrected chi connectivity index (χ3v) is 3.12. The predicted molar refractivity (Wildman–Crippen MR) is 74.6 cm³/mol. The molecule has 0 spiro atoms. The summed E-state index contributed by atoms with van der Waals surface area (Å²) < 4.78 is 5.13. The van der Waals surface area contributed by atoms with E-state index in [0.717, 1.165) is 6.07 Å². The first kappa shape index (κ1) is 12.9. The van der Waals surface area contributed by atoms with E-state index in [0.29, 0.717) is 0 Å². The third-order valence-electron chi connectivity index (χ3n) is 3.12. The fourth-order valence-electron chi connectivity index (χ4n) is 2.10. The summed E-state index contributed by atoms with van der Waals surface area (Å²) in [6.07, 6.45) is 0. The first-order valence-corrected chi connectivity index (χ1v) is 5.98. The second-order valence-electron chi connectivity index (χ2n) is 4.50. The molecule has 0 bridgehead atoms. The van der Waals surface area contributed by atoms with Gasteiger partial charge >= 0.3 is 0 Å². The van der Waals surface area contributed by atoms with Gasteiger partial charge in [0.2, 0.25) is 5.43 Å². The Labute approximate surface area is 117 Å². The fraction of sp³-hybridized carbons (Fsp3) is 0. The molecular formula is C15H10O6. The lowest BCUT2D eigenvalue weighted by molar-refractivity contribution is 0.341. The molecular weight excluding hydrogens is 276 g/mol. The van der Waals surface area contributed by atoms with Crippen molar-refractivity contribution in [3.63, 3.8) is 0 Å². The van der Waals surface area contributed by atoms with Crippen molar-refractivity contribution in [3.8, 4) is 34.3 Å². The van der Waals surface area contributed by atoms with E-state index in [1.165, 1.54) is 30.3 Å². The quantitative estimate of drug-likeness (QED) is 0.511. The largest absolute Gasteiger partial charge is 0.508 e. The number of phenolic OH excluding ortho intramolecular Hbond substituents is 3. The molecule has 4 N–H and O–H groups in total. The topological polar surface area (TPSA) is 111 Å². The molecule has 21 heavy (non-hydrogen) atoms. The van der Waals surface area contributed by atoms with Gasteiger partial charge in [-0.2, -0.15) is 0 Å². The zero-order chi connectivity index (χ0) is 15.1. The average molecular weight is 286 g/mol. The first-order valence-electron chi connectivity index (χ1n) is 5.98. The van der Waals surface area contributed by atoms with Gasteiger partial charge in [-0.25, -0.2) is 0 Å². The Balaban J connectivity index is 2.35. The lowest BCUT2D eigenvalue weighted by Crippen LogP contribution is -2.05. The standard InChI is InChI=1S/C15H10O6/c16-8-2-3-9-12(6-8)21-15(20)13(14(9)19)7-1-4-10(17)11(18)5-7/h1-6,16-18,20H. The molecule has 0 aliphatic heterocycles. The van der Waals surface area contributed by atoms with Gasteiger partial charge in [0.05, 0.1) is 5.39 Å². The summed E-state index contributed by atoms with van der Waals surface area (Å²) in [7, 11) is 0. The number of hydrogen-bond acceptors (Lipinski definition) is 6. The van der Waals surface area contributed by atoms with Gasteiger partial charge in [-0.3, -0.25) is 4.79 Å². The van der Waals surface area contributed by atoms with Crippen molar-refractivity contribution in [1.29, 1.82) is 0 Å². The molecule has 0 atom stereocenters. The molecule has 0 radical (unpaired) electrons. The number of fused-ring (bicyclic) bond motifs is 1. The zero-order valence-electron chi connectivity index (χ0n) is 10.6. The van der Waals surface area contributed by atoms with Gasteiger partial charge in [0, 0.05) is 6.07 Å². The normalized spacial score (nSPS) is 10.9. The molecule has 3 aromatic rings. The van der Waals surface area contributed by atoms with E-state index in [9.17, 15) is 25.2 Å². The summed E-state index contributed by atoms with van der Waals surface area (Å²) >= 11 is 0. The number of benzene rings is 2. The van der Waals surface area contributed by atoms with Crippen LogP contribution >= 0.6 is 0 Å². The van der Waals surface area contributed by atoms with Crippen LogP contribution in [0.2, 0.25) is 0 Å². The maximum atomic E-state index is 12.4. The van der Waals surface area contributed by atoms with Crippen LogP contribution in [0.3, 0.4) is 0 Å². The molecule has 6 nitrogen and oxygen atoms in total. The highest BCUT2D eigenvalue weighted by atomic mass is 16.5. The Morgan fingerprint density at radius 2 is 1.62 bits per heavy atom. The van der Waals surface area contributed by atoms with Crippen molar-refractivity contribution in [1.82, 2.24) is 0 Å². The van der Waals surface area contributed by atoms with E-state index in [-0.39, 0.29) is 33.6 Å². The average Bonchev–Trinajstić information content (AvgIpc) is 2.42. The minimum Gasteiger partial charge on any atom is -0.508 e. The van der Waals surface area contributed by atoms with Gasteiger partial charge in [-0.05, 0) is 29.8 Å². The highest BCUT2D eigenvalue weighted by Gasteiger charge is 2.17. The predicted octanol–water partition coefficient (Wildman–Crippen LogP) is 2.28. The van der Waals surface area contributed by atoms with Gasteiger partial charge in [0.1, 0.15) is 16.9 Å². The smallest absolute Gasteiger partial charge is 0.294 e. The van der Waals surface area contributed by atoms with E-state index < -0.39 is 17.1 Å². The zero-order valence-corrected chi connectivity index (χ0v) is 10.6.